The molecule has 0 unspecified atom stereocenters. The van der Waals surface area contributed by atoms with Crippen LogP contribution in [0.5, 0.6) is 0 Å². The minimum absolute atomic E-state index is 0.667. The van der Waals surface area contributed by atoms with Crippen LogP contribution in [0, 0.1) is 6.92 Å². The first kappa shape index (κ1) is 11.7. The molecule has 0 atom stereocenters. The van der Waals surface area contributed by atoms with Gasteiger partial charge in [-0.15, -0.1) is 0 Å². The smallest absolute Gasteiger partial charge is 0.135 e. The molecule has 0 aliphatic carbocycles. The molecule has 0 spiro atoms. The number of benzene rings is 1. The van der Waals surface area contributed by atoms with Crippen LogP contribution in [0.15, 0.2) is 30.6 Å². The number of aromatic nitrogens is 2. The third-order valence-electron chi connectivity index (χ3n) is 2.31. The van der Waals surface area contributed by atoms with Crippen molar-refractivity contribution in [3.63, 3.8) is 0 Å². The van der Waals surface area contributed by atoms with Crippen LogP contribution >= 0.6 is 11.6 Å². The first-order chi connectivity index (χ1) is 8.19. The van der Waals surface area contributed by atoms with Gasteiger partial charge in [0.1, 0.15) is 18.0 Å². The van der Waals surface area contributed by atoms with Crippen LogP contribution in [0.4, 0.5) is 17.3 Å². The van der Waals surface area contributed by atoms with Crippen molar-refractivity contribution < 1.29 is 0 Å². The van der Waals surface area contributed by atoms with Crippen molar-refractivity contribution in [3.8, 4) is 0 Å². The van der Waals surface area contributed by atoms with Crippen LogP contribution in [0.25, 0.3) is 0 Å². The van der Waals surface area contributed by atoms with E-state index in [-0.39, 0.29) is 0 Å². The molecule has 2 N–H and O–H groups in total. The topological polar surface area (TPSA) is 49.8 Å². The third-order valence-corrected chi connectivity index (χ3v) is 2.64. The van der Waals surface area contributed by atoms with Crippen molar-refractivity contribution in [3.05, 3.63) is 41.2 Å². The van der Waals surface area contributed by atoms with Gasteiger partial charge in [0.15, 0.2) is 0 Å². The van der Waals surface area contributed by atoms with Crippen LogP contribution in [0.3, 0.4) is 0 Å². The van der Waals surface area contributed by atoms with Crippen molar-refractivity contribution in [2.75, 3.05) is 17.7 Å². The summed E-state index contributed by atoms with van der Waals surface area (Å²) in [7, 11) is 1.81. The quantitative estimate of drug-likeness (QED) is 0.876. The average molecular weight is 249 g/mol. The molecule has 0 fully saturated rings. The zero-order valence-corrected chi connectivity index (χ0v) is 10.4. The van der Waals surface area contributed by atoms with Gasteiger partial charge in [-0.25, -0.2) is 9.97 Å². The molecule has 1 aromatic carbocycles. The van der Waals surface area contributed by atoms with Gasteiger partial charge in [0.2, 0.25) is 0 Å². The first-order valence-corrected chi connectivity index (χ1v) is 5.60. The number of hydrogen-bond donors (Lipinski definition) is 2. The molecule has 1 heterocycles. The molecule has 0 saturated carbocycles. The van der Waals surface area contributed by atoms with Crippen LogP contribution in [-0.4, -0.2) is 17.0 Å². The SMILES string of the molecule is CNc1cc(Nc2cc(C)ccc2Cl)ncn1. The standard InChI is InChI=1S/C12H13ClN4/c1-8-3-4-9(13)10(5-8)17-12-6-11(14-2)15-7-16-12/h3-7H,1-2H3,(H2,14,15,16,17). The molecule has 4 nitrogen and oxygen atoms in total. The maximum absolute atomic E-state index is 6.10. The molecule has 0 bridgehead atoms. The Balaban J connectivity index is 2.27. The van der Waals surface area contributed by atoms with Crippen molar-refractivity contribution >= 4 is 28.9 Å². The largest absolute Gasteiger partial charge is 0.373 e. The summed E-state index contributed by atoms with van der Waals surface area (Å²) in [6.45, 7) is 2.01. The van der Waals surface area contributed by atoms with Crippen molar-refractivity contribution in [1.82, 2.24) is 9.97 Å². The Morgan fingerprint density at radius 2 is 1.88 bits per heavy atom. The summed E-state index contributed by atoms with van der Waals surface area (Å²) in [4.78, 5) is 8.18. The Labute approximate surface area is 105 Å². The Morgan fingerprint density at radius 1 is 1.12 bits per heavy atom. The van der Waals surface area contributed by atoms with E-state index in [0.717, 1.165) is 17.1 Å². The normalized spacial score (nSPS) is 10.1. The van der Waals surface area contributed by atoms with E-state index < -0.39 is 0 Å². The van der Waals surface area contributed by atoms with Gasteiger partial charge in [0, 0.05) is 13.1 Å². The molecule has 0 saturated heterocycles. The maximum Gasteiger partial charge on any atom is 0.135 e. The lowest BCUT2D eigenvalue weighted by molar-refractivity contribution is 1.16. The highest BCUT2D eigenvalue weighted by Crippen LogP contribution is 2.25. The Kier molecular flexibility index (Phi) is 3.44. The van der Waals surface area contributed by atoms with Gasteiger partial charge in [0.05, 0.1) is 10.7 Å². The fourth-order valence-corrected chi connectivity index (χ4v) is 1.60. The fraction of sp³-hybridized carbons (Fsp3) is 0.167. The van der Waals surface area contributed by atoms with Crippen LogP contribution in [-0.2, 0) is 0 Å². The van der Waals surface area contributed by atoms with Crippen molar-refractivity contribution in [2.45, 2.75) is 6.92 Å². The highest BCUT2D eigenvalue weighted by Gasteiger charge is 2.02. The second-order valence-corrected chi connectivity index (χ2v) is 4.05. The van der Waals surface area contributed by atoms with E-state index in [1.165, 1.54) is 6.33 Å². The molecular weight excluding hydrogens is 236 g/mol. The summed E-state index contributed by atoms with van der Waals surface area (Å²) in [5.74, 6) is 1.46. The van der Waals surface area contributed by atoms with Gasteiger partial charge in [-0.1, -0.05) is 17.7 Å². The van der Waals surface area contributed by atoms with E-state index in [0.29, 0.717) is 10.8 Å². The number of nitrogens with one attached hydrogen (secondary N) is 2. The number of anilines is 3. The summed E-state index contributed by atoms with van der Waals surface area (Å²) in [6.07, 6.45) is 1.50. The minimum Gasteiger partial charge on any atom is -0.373 e. The van der Waals surface area contributed by atoms with E-state index in [9.17, 15) is 0 Å². The highest BCUT2D eigenvalue weighted by atomic mass is 35.5. The van der Waals surface area contributed by atoms with E-state index >= 15 is 0 Å². The highest BCUT2D eigenvalue weighted by molar-refractivity contribution is 6.33. The van der Waals surface area contributed by atoms with E-state index in [4.69, 9.17) is 11.6 Å². The van der Waals surface area contributed by atoms with Crippen LogP contribution in [0.2, 0.25) is 5.02 Å². The summed E-state index contributed by atoms with van der Waals surface area (Å²) in [6, 6.07) is 7.62. The van der Waals surface area contributed by atoms with Gasteiger partial charge in [0.25, 0.3) is 0 Å². The molecule has 5 heteroatoms. The Bertz CT molecular complexity index is 528. The number of nitrogens with zero attached hydrogens (tertiary/aromatic N) is 2. The lowest BCUT2D eigenvalue weighted by atomic mass is 10.2. The molecule has 0 aliphatic rings. The van der Waals surface area contributed by atoms with Crippen molar-refractivity contribution in [1.29, 1.82) is 0 Å². The van der Waals surface area contributed by atoms with E-state index in [1.54, 1.807) is 0 Å². The molecule has 17 heavy (non-hydrogen) atoms. The van der Waals surface area contributed by atoms with E-state index in [2.05, 4.69) is 20.6 Å². The van der Waals surface area contributed by atoms with Gasteiger partial charge in [-0.2, -0.15) is 0 Å². The Hall–Kier alpha value is -1.81. The van der Waals surface area contributed by atoms with Crippen molar-refractivity contribution in [2.24, 2.45) is 0 Å². The number of rotatable bonds is 3. The van der Waals surface area contributed by atoms with E-state index in [1.807, 2.05) is 38.2 Å². The number of hydrogen-bond acceptors (Lipinski definition) is 4. The van der Waals surface area contributed by atoms with Gasteiger partial charge in [-0.3, -0.25) is 0 Å². The maximum atomic E-state index is 6.10. The molecule has 2 aromatic rings. The molecule has 0 aliphatic heterocycles. The zero-order chi connectivity index (χ0) is 12.3. The second kappa shape index (κ2) is 5.01. The Morgan fingerprint density at radius 3 is 2.65 bits per heavy atom. The van der Waals surface area contributed by atoms with Gasteiger partial charge >= 0.3 is 0 Å². The lowest BCUT2D eigenvalue weighted by Crippen LogP contribution is -1.98. The lowest BCUT2D eigenvalue weighted by Gasteiger charge is -2.09. The summed E-state index contributed by atoms with van der Waals surface area (Å²) in [5.41, 5.74) is 1.98. The monoisotopic (exact) mass is 248 g/mol. The van der Waals surface area contributed by atoms with Gasteiger partial charge < -0.3 is 10.6 Å². The third kappa shape index (κ3) is 2.85. The molecule has 1 aromatic heterocycles. The number of aryl methyl sites for hydroxylation is 1. The molecule has 88 valence electrons. The molecule has 0 radical (unpaired) electrons. The zero-order valence-electron chi connectivity index (χ0n) is 9.66. The first-order valence-electron chi connectivity index (χ1n) is 5.22. The second-order valence-electron chi connectivity index (χ2n) is 3.65. The van der Waals surface area contributed by atoms with Gasteiger partial charge in [-0.05, 0) is 24.6 Å². The average Bonchev–Trinajstić information content (AvgIpc) is 2.34. The predicted molar refractivity (Wildman–Crippen MR) is 71.1 cm³/mol. The summed E-state index contributed by atoms with van der Waals surface area (Å²) >= 11 is 6.10. The molecule has 0 amide bonds. The van der Waals surface area contributed by atoms with Crippen LogP contribution in [0.1, 0.15) is 5.56 Å². The minimum atomic E-state index is 0.667. The summed E-state index contributed by atoms with van der Waals surface area (Å²) < 4.78 is 0. The number of halogens is 1. The summed E-state index contributed by atoms with van der Waals surface area (Å²) in [5, 5.41) is 6.79. The van der Waals surface area contributed by atoms with Crippen LogP contribution < -0.4 is 10.6 Å². The molecular formula is C12H13ClN4. The predicted octanol–water partition coefficient (Wildman–Crippen LogP) is 3.22. The fourth-order valence-electron chi connectivity index (χ4n) is 1.44. The molecule has 2 rings (SSSR count).